The van der Waals surface area contributed by atoms with Crippen LogP contribution in [0.5, 0.6) is 0 Å². The summed E-state index contributed by atoms with van der Waals surface area (Å²) < 4.78 is 0. The van der Waals surface area contributed by atoms with Gasteiger partial charge >= 0.3 is 5.97 Å². The Morgan fingerprint density at radius 2 is 2.20 bits per heavy atom. The molecule has 1 aromatic rings. The zero-order chi connectivity index (χ0) is 11.3. The van der Waals surface area contributed by atoms with Crippen LogP contribution in [0.3, 0.4) is 0 Å². The number of aromatic nitrogens is 2. The van der Waals surface area contributed by atoms with Gasteiger partial charge in [-0.2, -0.15) is 0 Å². The van der Waals surface area contributed by atoms with Crippen LogP contribution in [0.15, 0.2) is 18.5 Å². The summed E-state index contributed by atoms with van der Waals surface area (Å²) in [5.41, 5.74) is 5.38. The molecule has 0 aliphatic rings. The molecule has 1 unspecified atom stereocenters. The van der Waals surface area contributed by atoms with Gasteiger partial charge in [0, 0.05) is 26.0 Å². The minimum absolute atomic E-state index is 0.365. The molecule has 15 heavy (non-hydrogen) atoms. The Hall–Kier alpha value is -1.69. The highest BCUT2D eigenvalue weighted by Gasteiger charge is 2.12. The number of nitrogens with two attached hydrogens (primary N) is 1. The number of aliphatic carboxylic acids is 1. The lowest BCUT2D eigenvalue weighted by Gasteiger charge is -2.17. The quantitative estimate of drug-likeness (QED) is 0.694. The molecule has 0 saturated carbocycles. The molecule has 0 aliphatic carbocycles. The van der Waals surface area contributed by atoms with Gasteiger partial charge in [0.1, 0.15) is 6.04 Å². The van der Waals surface area contributed by atoms with E-state index in [2.05, 4.69) is 9.97 Å². The highest BCUT2D eigenvalue weighted by atomic mass is 16.4. The van der Waals surface area contributed by atoms with E-state index in [4.69, 9.17) is 10.8 Å². The molecule has 0 fully saturated rings. The lowest BCUT2D eigenvalue weighted by molar-refractivity contribution is -0.138. The molecule has 0 aliphatic heterocycles. The molecule has 0 radical (unpaired) electrons. The Labute approximate surface area is 87.8 Å². The highest BCUT2D eigenvalue weighted by molar-refractivity contribution is 5.73. The van der Waals surface area contributed by atoms with Gasteiger partial charge in [0.25, 0.3) is 0 Å². The van der Waals surface area contributed by atoms with Crippen molar-refractivity contribution >= 4 is 11.9 Å². The van der Waals surface area contributed by atoms with E-state index >= 15 is 0 Å². The third-order valence-electron chi connectivity index (χ3n) is 1.99. The van der Waals surface area contributed by atoms with Gasteiger partial charge in [0.05, 0.1) is 0 Å². The SMILES string of the molecule is CN(CCC(N)C(=O)O)c1ncccn1. The first-order valence-corrected chi connectivity index (χ1v) is 4.58. The Kier molecular flexibility index (Phi) is 3.99. The van der Waals surface area contributed by atoms with Gasteiger partial charge < -0.3 is 15.7 Å². The third kappa shape index (κ3) is 3.51. The number of carbonyl (C=O) groups is 1. The van der Waals surface area contributed by atoms with Crippen LogP contribution in [0.1, 0.15) is 6.42 Å². The number of nitrogens with zero attached hydrogens (tertiary/aromatic N) is 3. The zero-order valence-corrected chi connectivity index (χ0v) is 8.50. The molecule has 3 N–H and O–H groups in total. The van der Waals surface area contributed by atoms with Gasteiger partial charge in [-0.25, -0.2) is 9.97 Å². The predicted octanol–water partition coefficient (Wildman–Crippen LogP) is -0.285. The molecule has 1 rings (SSSR count). The molecule has 1 atom stereocenters. The maximum Gasteiger partial charge on any atom is 0.320 e. The monoisotopic (exact) mass is 210 g/mol. The first kappa shape index (κ1) is 11.4. The number of carboxylic acid groups (broad SMARTS) is 1. The number of rotatable bonds is 5. The molecule has 0 spiro atoms. The maximum atomic E-state index is 10.5. The lowest BCUT2D eigenvalue weighted by atomic mass is 10.2. The zero-order valence-electron chi connectivity index (χ0n) is 8.50. The van der Waals surface area contributed by atoms with Crippen molar-refractivity contribution in [2.45, 2.75) is 12.5 Å². The standard InChI is InChI=1S/C9H14N4O2/c1-13(6-3-7(10)8(14)15)9-11-4-2-5-12-9/h2,4-5,7H,3,6,10H2,1H3,(H,14,15). The molecule has 6 heteroatoms. The van der Waals surface area contributed by atoms with Crippen LogP contribution in [0.2, 0.25) is 0 Å². The van der Waals surface area contributed by atoms with Crippen LogP contribution in [0, 0.1) is 0 Å². The molecule has 0 amide bonds. The third-order valence-corrected chi connectivity index (χ3v) is 1.99. The summed E-state index contributed by atoms with van der Waals surface area (Å²) in [4.78, 5) is 20.3. The molecule has 0 aromatic carbocycles. The first-order valence-electron chi connectivity index (χ1n) is 4.58. The molecule has 82 valence electrons. The van der Waals surface area contributed by atoms with Crippen molar-refractivity contribution in [3.05, 3.63) is 18.5 Å². The number of hydrogen-bond donors (Lipinski definition) is 2. The lowest BCUT2D eigenvalue weighted by Crippen LogP contribution is -2.34. The highest BCUT2D eigenvalue weighted by Crippen LogP contribution is 2.03. The second-order valence-corrected chi connectivity index (χ2v) is 3.20. The minimum Gasteiger partial charge on any atom is -0.480 e. The summed E-state index contributed by atoms with van der Waals surface area (Å²) in [6.45, 7) is 0.511. The van der Waals surface area contributed by atoms with Crippen molar-refractivity contribution in [1.29, 1.82) is 0 Å². The number of hydrogen-bond acceptors (Lipinski definition) is 5. The van der Waals surface area contributed by atoms with Crippen molar-refractivity contribution < 1.29 is 9.90 Å². The normalized spacial score (nSPS) is 12.1. The predicted molar refractivity (Wildman–Crippen MR) is 55.5 cm³/mol. The Bertz CT molecular complexity index is 317. The van der Waals surface area contributed by atoms with E-state index in [0.29, 0.717) is 18.9 Å². The van der Waals surface area contributed by atoms with Gasteiger partial charge in [-0.3, -0.25) is 4.79 Å². The van der Waals surface area contributed by atoms with E-state index in [1.54, 1.807) is 30.4 Å². The summed E-state index contributed by atoms with van der Waals surface area (Å²) in [6, 6.07) is 0.886. The molecular formula is C9H14N4O2. The summed E-state index contributed by atoms with van der Waals surface area (Å²) in [7, 11) is 1.80. The van der Waals surface area contributed by atoms with Crippen LogP contribution in [0.4, 0.5) is 5.95 Å². The topological polar surface area (TPSA) is 92.3 Å². The Morgan fingerprint density at radius 1 is 1.60 bits per heavy atom. The summed E-state index contributed by atoms with van der Waals surface area (Å²) in [5, 5.41) is 8.59. The fourth-order valence-electron chi connectivity index (χ4n) is 1.04. The summed E-state index contributed by atoms with van der Waals surface area (Å²) in [6.07, 6.45) is 3.63. The largest absolute Gasteiger partial charge is 0.480 e. The molecule has 6 nitrogen and oxygen atoms in total. The number of carboxylic acids is 1. The van der Waals surface area contributed by atoms with E-state index in [0.717, 1.165) is 0 Å². The smallest absolute Gasteiger partial charge is 0.320 e. The van der Waals surface area contributed by atoms with Gasteiger partial charge in [-0.15, -0.1) is 0 Å². The molecule has 0 bridgehead atoms. The van der Waals surface area contributed by atoms with Crippen molar-refractivity contribution in [3.8, 4) is 0 Å². The summed E-state index contributed by atoms with van der Waals surface area (Å²) >= 11 is 0. The average Bonchev–Trinajstić information content (AvgIpc) is 2.26. The van der Waals surface area contributed by atoms with E-state index in [9.17, 15) is 4.79 Å². The fourth-order valence-corrected chi connectivity index (χ4v) is 1.04. The van der Waals surface area contributed by atoms with Crippen LogP contribution in [-0.2, 0) is 4.79 Å². The van der Waals surface area contributed by atoms with Crippen LogP contribution in [0.25, 0.3) is 0 Å². The van der Waals surface area contributed by atoms with E-state index in [-0.39, 0.29) is 0 Å². The minimum atomic E-state index is -0.989. The van der Waals surface area contributed by atoms with Gasteiger partial charge in [-0.1, -0.05) is 0 Å². The second kappa shape index (κ2) is 5.26. The molecule has 0 saturated heterocycles. The average molecular weight is 210 g/mol. The first-order chi connectivity index (χ1) is 7.11. The second-order valence-electron chi connectivity index (χ2n) is 3.20. The fraction of sp³-hybridized carbons (Fsp3) is 0.444. The van der Waals surface area contributed by atoms with Crippen molar-refractivity contribution in [2.75, 3.05) is 18.5 Å². The Morgan fingerprint density at radius 3 is 2.73 bits per heavy atom. The van der Waals surface area contributed by atoms with Crippen LogP contribution >= 0.6 is 0 Å². The van der Waals surface area contributed by atoms with Crippen molar-refractivity contribution in [3.63, 3.8) is 0 Å². The van der Waals surface area contributed by atoms with Gasteiger partial charge in [0.2, 0.25) is 5.95 Å². The van der Waals surface area contributed by atoms with E-state index < -0.39 is 12.0 Å². The van der Waals surface area contributed by atoms with Crippen molar-refractivity contribution in [1.82, 2.24) is 9.97 Å². The Balaban J connectivity index is 2.43. The summed E-state index contributed by atoms with van der Waals surface area (Å²) in [5.74, 6) is -0.424. The molecule has 1 heterocycles. The van der Waals surface area contributed by atoms with Crippen LogP contribution in [-0.4, -0.2) is 40.7 Å². The van der Waals surface area contributed by atoms with Gasteiger partial charge in [-0.05, 0) is 12.5 Å². The molecular weight excluding hydrogens is 196 g/mol. The molecule has 1 aromatic heterocycles. The van der Waals surface area contributed by atoms with Crippen molar-refractivity contribution in [2.24, 2.45) is 5.73 Å². The van der Waals surface area contributed by atoms with E-state index in [1.807, 2.05) is 0 Å². The van der Waals surface area contributed by atoms with Gasteiger partial charge in [0.15, 0.2) is 0 Å². The number of anilines is 1. The maximum absolute atomic E-state index is 10.5. The van der Waals surface area contributed by atoms with Crippen LogP contribution < -0.4 is 10.6 Å². The van der Waals surface area contributed by atoms with E-state index in [1.165, 1.54) is 0 Å².